The molecule has 0 unspecified atom stereocenters. The molecule has 140 valence electrons. The van der Waals surface area contributed by atoms with Gasteiger partial charge in [-0.3, -0.25) is 14.7 Å². The Labute approximate surface area is 157 Å². The van der Waals surface area contributed by atoms with Crippen LogP contribution in [0.5, 0.6) is 5.75 Å². The smallest absolute Gasteiger partial charge is 0.274 e. The van der Waals surface area contributed by atoms with Crippen molar-refractivity contribution in [2.24, 2.45) is 0 Å². The standard InChI is InChI=1S/C21H23N3O3/c1-13-2-5-19-15(10-13)18(25)12-21(27-19)6-8-24(9-7-21)20(26)17-11-16(22-23-17)14-3-4-14/h2,5,10-11,14H,3-4,6-9,12H2,1H3,(H,22,23). The van der Waals surface area contributed by atoms with Gasteiger partial charge in [-0.25, -0.2) is 0 Å². The van der Waals surface area contributed by atoms with Gasteiger partial charge in [0.05, 0.1) is 12.0 Å². The lowest BCUT2D eigenvalue weighted by atomic mass is 9.82. The second kappa shape index (κ2) is 5.94. The molecule has 6 nitrogen and oxygen atoms in total. The van der Waals surface area contributed by atoms with Crippen molar-refractivity contribution in [1.29, 1.82) is 0 Å². The molecule has 1 spiro atoms. The third-order valence-corrected chi connectivity index (χ3v) is 6.04. The van der Waals surface area contributed by atoms with Gasteiger partial charge >= 0.3 is 0 Å². The molecule has 1 aliphatic carbocycles. The van der Waals surface area contributed by atoms with E-state index in [-0.39, 0.29) is 11.7 Å². The summed E-state index contributed by atoms with van der Waals surface area (Å²) in [5.74, 6) is 1.33. The van der Waals surface area contributed by atoms with Crippen LogP contribution in [-0.2, 0) is 0 Å². The molecule has 6 heteroatoms. The molecule has 0 atom stereocenters. The molecule has 2 aromatic rings. The maximum atomic E-state index is 12.8. The highest BCUT2D eigenvalue weighted by Gasteiger charge is 2.44. The van der Waals surface area contributed by atoms with Crippen LogP contribution in [0.4, 0.5) is 0 Å². The van der Waals surface area contributed by atoms with Crippen molar-refractivity contribution in [2.45, 2.75) is 50.5 Å². The number of nitrogens with zero attached hydrogens (tertiary/aromatic N) is 2. The fourth-order valence-electron chi connectivity index (χ4n) is 4.22. The number of rotatable bonds is 2. The van der Waals surface area contributed by atoms with Crippen molar-refractivity contribution >= 4 is 11.7 Å². The maximum absolute atomic E-state index is 12.8. The number of hydrogen-bond acceptors (Lipinski definition) is 4. The van der Waals surface area contributed by atoms with E-state index in [1.807, 2.05) is 36.1 Å². The average Bonchev–Trinajstić information content (AvgIpc) is 3.39. The van der Waals surface area contributed by atoms with Gasteiger partial charge in [-0.15, -0.1) is 0 Å². The number of ether oxygens (including phenoxy) is 1. The van der Waals surface area contributed by atoms with Gasteiger partial charge in [-0.2, -0.15) is 5.10 Å². The molecule has 0 radical (unpaired) electrons. The van der Waals surface area contributed by atoms with E-state index in [1.54, 1.807) is 0 Å². The third kappa shape index (κ3) is 2.93. The molecule has 1 N–H and O–H groups in total. The van der Waals surface area contributed by atoms with Crippen molar-refractivity contribution in [3.8, 4) is 5.75 Å². The SMILES string of the molecule is Cc1ccc2c(c1)C(=O)CC1(CCN(C(=O)c3cc(C4CC4)[nH]n3)CC1)O2. The Bertz CT molecular complexity index is 921. The molecule has 1 amide bonds. The van der Waals surface area contributed by atoms with E-state index < -0.39 is 5.60 Å². The Morgan fingerprint density at radius 2 is 2.04 bits per heavy atom. The largest absolute Gasteiger partial charge is 0.486 e. The number of fused-ring (bicyclic) bond motifs is 1. The summed E-state index contributed by atoms with van der Waals surface area (Å²) in [6.45, 7) is 3.14. The number of amides is 1. The zero-order valence-corrected chi connectivity index (χ0v) is 15.5. The van der Waals surface area contributed by atoms with E-state index in [9.17, 15) is 9.59 Å². The van der Waals surface area contributed by atoms with Crippen LogP contribution in [0.3, 0.4) is 0 Å². The number of hydrogen-bond donors (Lipinski definition) is 1. The predicted octanol–water partition coefficient (Wildman–Crippen LogP) is 3.24. The summed E-state index contributed by atoms with van der Waals surface area (Å²) in [6.07, 6.45) is 4.07. The maximum Gasteiger partial charge on any atom is 0.274 e. The van der Waals surface area contributed by atoms with E-state index >= 15 is 0 Å². The van der Waals surface area contributed by atoms with Crippen LogP contribution in [0.1, 0.15) is 70.1 Å². The molecule has 5 rings (SSSR count). The first-order valence-electron chi connectivity index (χ1n) is 9.70. The van der Waals surface area contributed by atoms with E-state index in [0.29, 0.717) is 55.3 Å². The van der Waals surface area contributed by atoms with Crippen molar-refractivity contribution in [2.75, 3.05) is 13.1 Å². The molecule has 27 heavy (non-hydrogen) atoms. The monoisotopic (exact) mass is 365 g/mol. The summed E-state index contributed by atoms with van der Waals surface area (Å²) >= 11 is 0. The molecular weight excluding hydrogens is 342 g/mol. The zero-order chi connectivity index (χ0) is 18.6. The molecular formula is C21H23N3O3. The molecule has 1 aromatic heterocycles. The number of H-pyrrole nitrogens is 1. The van der Waals surface area contributed by atoms with Crippen LogP contribution >= 0.6 is 0 Å². The number of benzene rings is 1. The fraction of sp³-hybridized carbons (Fsp3) is 0.476. The highest BCUT2D eigenvalue weighted by Crippen LogP contribution is 2.41. The van der Waals surface area contributed by atoms with Crippen LogP contribution < -0.4 is 4.74 Å². The minimum absolute atomic E-state index is 0.0360. The second-order valence-electron chi connectivity index (χ2n) is 8.16. The lowest BCUT2D eigenvalue weighted by Crippen LogP contribution is -2.52. The topological polar surface area (TPSA) is 75.3 Å². The third-order valence-electron chi connectivity index (χ3n) is 6.04. The van der Waals surface area contributed by atoms with Crippen LogP contribution in [0.2, 0.25) is 0 Å². The van der Waals surface area contributed by atoms with Crippen molar-refractivity contribution in [3.05, 3.63) is 46.8 Å². The molecule has 3 heterocycles. The number of aryl methyl sites for hydroxylation is 1. The summed E-state index contributed by atoms with van der Waals surface area (Å²) in [7, 11) is 0. The number of ketones is 1. The van der Waals surface area contributed by atoms with Gasteiger partial charge < -0.3 is 9.64 Å². The van der Waals surface area contributed by atoms with Gasteiger partial charge in [-0.05, 0) is 38.0 Å². The first-order chi connectivity index (χ1) is 13.0. The number of aromatic nitrogens is 2. The minimum atomic E-state index is -0.485. The second-order valence-corrected chi connectivity index (χ2v) is 8.16. The summed E-state index contributed by atoms with van der Waals surface area (Å²) < 4.78 is 6.28. The highest BCUT2D eigenvalue weighted by molar-refractivity contribution is 6.00. The molecule has 0 bridgehead atoms. The Kier molecular flexibility index (Phi) is 3.64. The van der Waals surface area contributed by atoms with Gasteiger partial charge in [0.2, 0.25) is 0 Å². The number of aromatic amines is 1. The Morgan fingerprint density at radius 1 is 1.26 bits per heavy atom. The summed E-state index contributed by atoms with van der Waals surface area (Å²) in [5.41, 5.74) is 2.82. The number of likely N-dealkylation sites (tertiary alicyclic amines) is 1. The van der Waals surface area contributed by atoms with E-state index in [2.05, 4.69) is 10.2 Å². The number of carbonyl (C=O) groups is 2. The van der Waals surface area contributed by atoms with Crippen LogP contribution in [-0.4, -0.2) is 45.5 Å². The summed E-state index contributed by atoms with van der Waals surface area (Å²) in [6, 6.07) is 7.66. The molecule has 1 aromatic carbocycles. The average molecular weight is 365 g/mol. The zero-order valence-electron chi connectivity index (χ0n) is 15.5. The van der Waals surface area contributed by atoms with E-state index in [4.69, 9.17) is 4.74 Å². The van der Waals surface area contributed by atoms with Crippen LogP contribution in [0.15, 0.2) is 24.3 Å². The lowest BCUT2D eigenvalue weighted by Gasteiger charge is -2.43. The predicted molar refractivity (Wildman–Crippen MR) is 99.2 cm³/mol. The molecule has 2 aliphatic heterocycles. The number of Topliss-reactive ketones (excluding diaryl/α,β-unsaturated/α-hetero) is 1. The van der Waals surface area contributed by atoms with E-state index in [0.717, 1.165) is 11.3 Å². The molecule has 1 saturated carbocycles. The van der Waals surface area contributed by atoms with Crippen LogP contribution in [0.25, 0.3) is 0 Å². The fourth-order valence-corrected chi connectivity index (χ4v) is 4.22. The number of nitrogens with one attached hydrogen (secondary N) is 1. The minimum Gasteiger partial charge on any atom is -0.486 e. The number of piperidine rings is 1. The summed E-state index contributed by atoms with van der Waals surface area (Å²) in [4.78, 5) is 27.2. The normalized spacial score (nSPS) is 21.1. The van der Waals surface area contributed by atoms with Crippen molar-refractivity contribution in [3.63, 3.8) is 0 Å². The van der Waals surface area contributed by atoms with Crippen molar-refractivity contribution in [1.82, 2.24) is 15.1 Å². The van der Waals surface area contributed by atoms with Gasteiger partial charge in [0.1, 0.15) is 17.0 Å². The van der Waals surface area contributed by atoms with Gasteiger partial charge in [0.25, 0.3) is 5.91 Å². The first kappa shape index (κ1) is 16.5. The summed E-state index contributed by atoms with van der Waals surface area (Å²) in [5, 5.41) is 7.20. The van der Waals surface area contributed by atoms with Gasteiger partial charge in [-0.1, -0.05) is 11.6 Å². The Balaban J connectivity index is 1.29. The Hall–Kier alpha value is -2.63. The molecule has 1 saturated heterocycles. The van der Waals surface area contributed by atoms with Crippen LogP contribution in [0, 0.1) is 6.92 Å². The molecule has 3 aliphatic rings. The quantitative estimate of drug-likeness (QED) is 0.886. The Morgan fingerprint density at radius 3 is 2.78 bits per heavy atom. The van der Waals surface area contributed by atoms with Gasteiger partial charge in [0, 0.05) is 37.5 Å². The molecule has 2 fully saturated rings. The first-order valence-corrected chi connectivity index (χ1v) is 9.70. The van der Waals surface area contributed by atoms with Gasteiger partial charge in [0.15, 0.2) is 5.78 Å². The van der Waals surface area contributed by atoms with E-state index in [1.165, 1.54) is 12.8 Å². The highest BCUT2D eigenvalue weighted by atomic mass is 16.5. The lowest BCUT2D eigenvalue weighted by molar-refractivity contribution is -0.00586. The number of carbonyl (C=O) groups excluding carboxylic acids is 2. The van der Waals surface area contributed by atoms with Crippen molar-refractivity contribution < 1.29 is 14.3 Å².